The summed E-state index contributed by atoms with van der Waals surface area (Å²) in [6.45, 7) is 1.96. The summed E-state index contributed by atoms with van der Waals surface area (Å²) in [6, 6.07) is 0. The lowest BCUT2D eigenvalue weighted by Gasteiger charge is -1.85. The molecule has 1 unspecified atom stereocenters. The van der Waals surface area contributed by atoms with E-state index < -0.39 is 0 Å². The molecule has 1 fully saturated rings. The first-order valence-corrected chi connectivity index (χ1v) is 2.73. The maximum atomic E-state index is 10.7. The van der Waals surface area contributed by atoms with Gasteiger partial charge >= 0.3 is 0 Å². The summed E-state index contributed by atoms with van der Waals surface area (Å²) in [5, 5.41) is 8.58. The molecule has 0 spiro atoms. The Morgan fingerprint density at radius 1 is 1.89 bits per heavy atom. The van der Waals surface area contributed by atoms with Gasteiger partial charge in [0.25, 0.3) is 0 Å². The summed E-state index contributed by atoms with van der Waals surface area (Å²) in [5.74, 6) is -0.106. The highest BCUT2D eigenvalue weighted by atomic mass is 16.6. The second-order valence-corrected chi connectivity index (χ2v) is 2.01. The molecular weight excluding hydrogens is 120 g/mol. The molecule has 0 aliphatic carbocycles. The Morgan fingerprint density at radius 2 is 2.44 bits per heavy atom. The van der Waals surface area contributed by atoms with Crippen LogP contribution in [0.1, 0.15) is 6.92 Å². The van der Waals surface area contributed by atoms with Crippen LogP contribution in [0.4, 0.5) is 0 Å². The van der Waals surface area contributed by atoms with Crippen molar-refractivity contribution in [3.05, 3.63) is 11.8 Å². The number of aliphatic hydroxyl groups is 1. The van der Waals surface area contributed by atoms with E-state index in [0.717, 1.165) is 0 Å². The third kappa shape index (κ3) is 1.85. The summed E-state index contributed by atoms with van der Waals surface area (Å²) < 4.78 is 4.67. The monoisotopic (exact) mass is 128 g/mol. The van der Waals surface area contributed by atoms with Gasteiger partial charge in [0.2, 0.25) is 0 Å². The number of allylic oxidation sites excluding steroid dienone is 1. The quantitative estimate of drug-likeness (QED) is 0.333. The van der Waals surface area contributed by atoms with E-state index >= 15 is 0 Å². The van der Waals surface area contributed by atoms with E-state index in [1.54, 1.807) is 0 Å². The van der Waals surface area contributed by atoms with Gasteiger partial charge in [-0.05, 0) is 6.92 Å². The van der Waals surface area contributed by atoms with Crippen LogP contribution in [0.3, 0.4) is 0 Å². The highest BCUT2D eigenvalue weighted by Crippen LogP contribution is 2.10. The molecule has 0 saturated carbocycles. The fraction of sp³-hybridized carbons (Fsp3) is 0.500. The van der Waals surface area contributed by atoms with E-state index in [9.17, 15) is 4.79 Å². The van der Waals surface area contributed by atoms with E-state index in [1.165, 1.54) is 13.0 Å². The molecule has 0 aromatic carbocycles. The van der Waals surface area contributed by atoms with Gasteiger partial charge in [0.1, 0.15) is 6.10 Å². The second-order valence-electron chi connectivity index (χ2n) is 2.01. The van der Waals surface area contributed by atoms with Crippen LogP contribution in [0.25, 0.3) is 0 Å². The van der Waals surface area contributed by atoms with Crippen LogP contribution in [0.15, 0.2) is 11.8 Å². The summed E-state index contributed by atoms with van der Waals surface area (Å²) in [7, 11) is 0. The molecule has 50 valence electrons. The molecule has 0 radical (unpaired) electrons. The number of hydrogen-bond acceptors (Lipinski definition) is 3. The van der Waals surface area contributed by atoms with Crippen molar-refractivity contribution in [3.8, 4) is 0 Å². The van der Waals surface area contributed by atoms with Crippen molar-refractivity contribution in [1.82, 2.24) is 0 Å². The molecule has 0 amide bonds. The second kappa shape index (κ2) is 2.19. The van der Waals surface area contributed by atoms with Crippen LogP contribution >= 0.6 is 0 Å². The Bertz CT molecular complexity index is 152. The number of epoxide rings is 1. The predicted octanol–water partition coefficient (Wildman–Crippen LogP) is 0.416. The lowest BCUT2D eigenvalue weighted by Crippen LogP contribution is -2.02. The average Bonchev–Trinajstić information content (AvgIpc) is 2.40. The largest absolute Gasteiger partial charge is 0.512 e. The molecule has 1 rings (SSSR count). The Morgan fingerprint density at radius 3 is 2.78 bits per heavy atom. The number of ether oxygens (including phenoxy) is 1. The van der Waals surface area contributed by atoms with Gasteiger partial charge in [0.15, 0.2) is 5.78 Å². The average molecular weight is 128 g/mol. The van der Waals surface area contributed by atoms with E-state index in [1.807, 2.05) is 0 Å². The molecule has 0 aromatic rings. The SMILES string of the molecule is C/C(O)=C/C(=O)C1CO1. The van der Waals surface area contributed by atoms with Crippen LogP contribution in [0, 0.1) is 0 Å². The minimum absolute atomic E-state index is 0.0375. The van der Waals surface area contributed by atoms with Gasteiger partial charge in [-0.1, -0.05) is 0 Å². The number of carbonyl (C=O) groups is 1. The normalized spacial score (nSPS) is 25.9. The standard InChI is InChI=1S/C6H8O3/c1-4(7)2-5(8)6-3-9-6/h2,6-7H,3H2,1H3/b4-2-. The zero-order valence-electron chi connectivity index (χ0n) is 5.13. The van der Waals surface area contributed by atoms with Gasteiger partial charge < -0.3 is 9.84 Å². The Labute approximate surface area is 52.9 Å². The number of hydrogen-bond donors (Lipinski definition) is 1. The molecule has 9 heavy (non-hydrogen) atoms. The predicted molar refractivity (Wildman–Crippen MR) is 31.1 cm³/mol. The molecule has 3 nitrogen and oxygen atoms in total. The van der Waals surface area contributed by atoms with Crippen LogP contribution in [-0.4, -0.2) is 23.6 Å². The number of aliphatic hydroxyl groups excluding tert-OH is 1. The van der Waals surface area contributed by atoms with Crippen molar-refractivity contribution in [1.29, 1.82) is 0 Å². The molecule has 1 aliphatic rings. The molecule has 1 saturated heterocycles. The molecule has 1 atom stereocenters. The van der Waals surface area contributed by atoms with Crippen LogP contribution < -0.4 is 0 Å². The maximum Gasteiger partial charge on any atom is 0.190 e. The van der Waals surface area contributed by atoms with E-state index in [0.29, 0.717) is 6.61 Å². The Hall–Kier alpha value is -0.830. The first-order chi connectivity index (χ1) is 4.20. The van der Waals surface area contributed by atoms with E-state index in [-0.39, 0.29) is 17.6 Å². The fourth-order valence-electron chi connectivity index (χ4n) is 0.511. The topological polar surface area (TPSA) is 49.8 Å². The van der Waals surface area contributed by atoms with Crippen molar-refractivity contribution in [2.24, 2.45) is 0 Å². The molecule has 1 N–H and O–H groups in total. The van der Waals surface area contributed by atoms with Gasteiger partial charge in [-0.25, -0.2) is 0 Å². The summed E-state index contributed by atoms with van der Waals surface area (Å²) in [6.07, 6.45) is 0.907. The van der Waals surface area contributed by atoms with Crippen LogP contribution in [0.5, 0.6) is 0 Å². The van der Waals surface area contributed by atoms with Gasteiger partial charge in [0, 0.05) is 6.08 Å². The van der Waals surface area contributed by atoms with Crippen molar-refractivity contribution in [3.63, 3.8) is 0 Å². The van der Waals surface area contributed by atoms with Gasteiger partial charge in [-0.3, -0.25) is 4.79 Å². The number of ketones is 1. The fourth-order valence-corrected chi connectivity index (χ4v) is 0.511. The van der Waals surface area contributed by atoms with Crippen molar-refractivity contribution in [2.75, 3.05) is 6.61 Å². The molecule has 0 bridgehead atoms. The van der Waals surface area contributed by atoms with E-state index in [2.05, 4.69) is 4.74 Å². The lowest BCUT2D eigenvalue weighted by atomic mass is 10.3. The molecule has 1 aliphatic heterocycles. The van der Waals surface area contributed by atoms with Crippen molar-refractivity contribution in [2.45, 2.75) is 13.0 Å². The number of carbonyl (C=O) groups excluding carboxylic acids is 1. The molecule has 1 heterocycles. The van der Waals surface area contributed by atoms with E-state index in [4.69, 9.17) is 5.11 Å². The van der Waals surface area contributed by atoms with Gasteiger partial charge in [-0.2, -0.15) is 0 Å². The Balaban J connectivity index is 2.42. The number of rotatable bonds is 2. The summed E-state index contributed by atoms with van der Waals surface area (Å²) in [5.41, 5.74) is 0. The maximum absolute atomic E-state index is 10.7. The van der Waals surface area contributed by atoms with Gasteiger partial charge in [-0.15, -0.1) is 0 Å². The highest BCUT2D eigenvalue weighted by Gasteiger charge is 2.29. The zero-order valence-corrected chi connectivity index (χ0v) is 5.13. The minimum atomic E-state index is -0.271. The van der Waals surface area contributed by atoms with Crippen LogP contribution in [0.2, 0.25) is 0 Å². The highest BCUT2D eigenvalue weighted by molar-refractivity contribution is 5.95. The zero-order chi connectivity index (χ0) is 6.85. The molecule has 0 aromatic heterocycles. The molecule has 3 heteroatoms. The minimum Gasteiger partial charge on any atom is -0.512 e. The van der Waals surface area contributed by atoms with Gasteiger partial charge in [0.05, 0.1) is 12.4 Å². The van der Waals surface area contributed by atoms with Crippen LogP contribution in [-0.2, 0) is 9.53 Å². The van der Waals surface area contributed by atoms with Crippen molar-refractivity contribution >= 4 is 5.78 Å². The first-order valence-electron chi connectivity index (χ1n) is 2.73. The lowest BCUT2D eigenvalue weighted by molar-refractivity contribution is -0.115. The summed E-state index contributed by atoms with van der Waals surface area (Å²) >= 11 is 0. The summed E-state index contributed by atoms with van der Waals surface area (Å²) in [4.78, 5) is 10.7. The third-order valence-corrected chi connectivity index (χ3v) is 1.00. The molecular formula is C6H8O3. The van der Waals surface area contributed by atoms with Crippen molar-refractivity contribution < 1.29 is 14.6 Å². The Kier molecular flexibility index (Phi) is 1.53. The first kappa shape index (κ1) is 6.29. The third-order valence-electron chi connectivity index (χ3n) is 1.00. The smallest absolute Gasteiger partial charge is 0.190 e.